The van der Waals surface area contributed by atoms with Crippen LogP contribution in [0.4, 0.5) is 5.69 Å². The van der Waals surface area contributed by atoms with Gasteiger partial charge in [-0.25, -0.2) is 0 Å². The highest BCUT2D eigenvalue weighted by Gasteiger charge is 2.19. The van der Waals surface area contributed by atoms with Crippen molar-refractivity contribution in [3.8, 4) is 0 Å². The predicted octanol–water partition coefficient (Wildman–Crippen LogP) is 4.03. The lowest BCUT2D eigenvalue weighted by atomic mass is 10.1. The first-order valence-corrected chi connectivity index (χ1v) is 10.9. The van der Waals surface area contributed by atoms with Gasteiger partial charge in [-0.05, 0) is 43.2 Å². The van der Waals surface area contributed by atoms with Gasteiger partial charge in [0.1, 0.15) is 12.3 Å². The van der Waals surface area contributed by atoms with E-state index in [-0.39, 0.29) is 37.4 Å². The molecule has 1 aromatic carbocycles. The average Bonchev–Trinajstić information content (AvgIpc) is 3.25. The molecular weight excluding hydrogens is 394 g/mol. The van der Waals surface area contributed by atoms with Crippen LogP contribution in [0.2, 0.25) is 0 Å². The molecule has 0 aliphatic heterocycles. The third kappa shape index (κ3) is 9.51. The van der Waals surface area contributed by atoms with Crippen molar-refractivity contribution in [1.29, 1.82) is 0 Å². The van der Waals surface area contributed by atoms with Crippen LogP contribution >= 0.6 is 0 Å². The first-order chi connectivity index (χ1) is 15.0. The maximum atomic E-state index is 12.7. The summed E-state index contributed by atoms with van der Waals surface area (Å²) < 4.78 is 5.34. The van der Waals surface area contributed by atoms with Crippen molar-refractivity contribution in [2.24, 2.45) is 0 Å². The third-order valence-corrected chi connectivity index (χ3v) is 4.86. The van der Waals surface area contributed by atoms with Crippen LogP contribution in [0, 0.1) is 6.92 Å². The van der Waals surface area contributed by atoms with Crippen molar-refractivity contribution >= 4 is 23.4 Å². The summed E-state index contributed by atoms with van der Waals surface area (Å²) in [7, 11) is 0. The number of unbranched alkanes of at least 4 members (excludes halogenated alkanes) is 4. The number of carbonyl (C=O) groups is 3. The molecule has 7 heteroatoms. The van der Waals surface area contributed by atoms with Gasteiger partial charge in [-0.15, -0.1) is 0 Å². The van der Waals surface area contributed by atoms with E-state index in [0.717, 1.165) is 37.7 Å². The maximum absolute atomic E-state index is 12.7. The average molecular weight is 428 g/mol. The number of nitrogens with zero attached hydrogens (tertiary/aromatic N) is 1. The van der Waals surface area contributed by atoms with Gasteiger partial charge in [0.2, 0.25) is 17.7 Å². The van der Waals surface area contributed by atoms with Crippen LogP contribution < -0.4 is 10.6 Å². The number of hydrogen-bond acceptors (Lipinski definition) is 4. The quantitative estimate of drug-likeness (QED) is 0.472. The standard InChI is InChI=1S/C24H33N3O4/c1-3-4-5-6-7-13-24(30)27(17-21-12-9-14-31-21)18-23(29)25-16-22(28)26-20-11-8-10-19(2)15-20/h8-12,14-15H,3-7,13,16-18H2,1-2H3,(H,25,29)(H,26,28). The second-order valence-corrected chi connectivity index (χ2v) is 7.69. The Hall–Kier alpha value is -3.09. The monoisotopic (exact) mass is 427 g/mol. The maximum Gasteiger partial charge on any atom is 0.243 e. The minimum absolute atomic E-state index is 0.0905. The molecule has 0 saturated heterocycles. The van der Waals surface area contributed by atoms with E-state index in [9.17, 15) is 14.4 Å². The highest BCUT2D eigenvalue weighted by Crippen LogP contribution is 2.11. The minimum atomic E-state index is -0.384. The zero-order chi connectivity index (χ0) is 22.5. The van der Waals surface area contributed by atoms with Crippen LogP contribution in [0.25, 0.3) is 0 Å². The summed E-state index contributed by atoms with van der Waals surface area (Å²) in [6, 6.07) is 10.9. The number of furan rings is 1. The highest BCUT2D eigenvalue weighted by molar-refractivity contribution is 5.95. The van der Waals surface area contributed by atoms with Crippen LogP contribution in [0.15, 0.2) is 47.1 Å². The van der Waals surface area contributed by atoms with Crippen molar-refractivity contribution < 1.29 is 18.8 Å². The lowest BCUT2D eigenvalue weighted by Crippen LogP contribution is -2.42. The Morgan fingerprint density at radius 2 is 1.81 bits per heavy atom. The third-order valence-electron chi connectivity index (χ3n) is 4.86. The molecule has 2 N–H and O–H groups in total. The Kier molecular flexibility index (Phi) is 10.3. The molecule has 7 nitrogen and oxygen atoms in total. The van der Waals surface area contributed by atoms with Gasteiger partial charge in [0, 0.05) is 12.1 Å². The minimum Gasteiger partial charge on any atom is -0.467 e. The molecule has 1 aromatic heterocycles. The van der Waals surface area contributed by atoms with Gasteiger partial charge in [0.05, 0.1) is 19.4 Å². The topological polar surface area (TPSA) is 91.7 Å². The van der Waals surface area contributed by atoms with Gasteiger partial charge in [-0.2, -0.15) is 0 Å². The molecule has 0 fully saturated rings. The molecule has 0 spiro atoms. The summed E-state index contributed by atoms with van der Waals surface area (Å²) in [5, 5.41) is 5.34. The largest absolute Gasteiger partial charge is 0.467 e. The van der Waals surface area contributed by atoms with E-state index in [1.165, 1.54) is 4.90 Å². The first kappa shape index (κ1) is 24.2. The zero-order valence-corrected chi connectivity index (χ0v) is 18.5. The fourth-order valence-electron chi connectivity index (χ4n) is 3.20. The summed E-state index contributed by atoms with van der Waals surface area (Å²) in [6.45, 7) is 4.03. The molecular formula is C24H33N3O4. The van der Waals surface area contributed by atoms with Crippen molar-refractivity contribution in [1.82, 2.24) is 10.2 Å². The molecule has 0 radical (unpaired) electrons. The van der Waals surface area contributed by atoms with E-state index in [2.05, 4.69) is 17.6 Å². The summed E-state index contributed by atoms with van der Waals surface area (Å²) in [4.78, 5) is 38.7. The number of benzene rings is 1. The number of hydrogen-bond donors (Lipinski definition) is 2. The molecule has 2 rings (SSSR count). The van der Waals surface area contributed by atoms with E-state index >= 15 is 0 Å². The molecule has 31 heavy (non-hydrogen) atoms. The first-order valence-electron chi connectivity index (χ1n) is 10.9. The molecule has 0 saturated carbocycles. The molecule has 3 amide bonds. The predicted molar refractivity (Wildman–Crippen MR) is 120 cm³/mol. The second-order valence-electron chi connectivity index (χ2n) is 7.69. The van der Waals surface area contributed by atoms with E-state index in [4.69, 9.17) is 4.42 Å². The molecule has 168 valence electrons. The van der Waals surface area contributed by atoms with Gasteiger partial charge in [-0.3, -0.25) is 14.4 Å². The molecule has 0 bridgehead atoms. The Bertz CT molecular complexity index is 833. The van der Waals surface area contributed by atoms with E-state index in [1.807, 2.05) is 25.1 Å². The van der Waals surface area contributed by atoms with Gasteiger partial charge in [0.25, 0.3) is 0 Å². The Labute approximate surface area is 184 Å². The normalized spacial score (nSPS) is 10.5. The number of carbonyl (C=O) groups excluding carboxylic acids is 3. The van der Waals surface area contributed by atoms with Crippen LogP contribution in [-0.2, 0) is 20.9 Å². The van der Waals surface area contributed by atoms with Crippen LogP contribution in [-0.4, -0.2) is 35.7 Å². The van der Waals surface area contributed by atoms with E-state index in [1.54, 1.807) is 24.5 Å². The highest BCUT2D eigenvalue weighted by atomic mass is 16.3. The van der Waals surface area contributed by atoms with E-state index < -0.39 is 0 Å². The smallest absolute Gasteiger partial charge is 0.243 e. The fraction of sp³-hybridized carbons (Fsp3) is 0.458. The molecule has 0 atom stereocenters. The molecule has 0 aliphatic rings. The van der Waals surface area contributed by atoms with Crippen molar-refractivity contribution in [2.75, 3.05) is 18.4 Å². The molecule has 1 heterocycles. The SMILES string of the molecule is CCCCCCCC(=O)N(CC(=O)NCC(=O)Nc1cccc(C)c1)Cc1ccco1. The summed E-state index contributed by atoms with van der Waals surface area (Å²) >= 11 is 0. The van der Waals surface area contributed by atoms with E-state index in [0.29, 0.717) is 17.9 Å². The van der Waals surface area contributed by atoms with Gasteiger partial charge < -0.3 is 20.0 Å². The van der Waals surface area contributed by atoms with Gasteiger partial charge in [-0.1, -0.05) is 44.7 Å². The second kappa shape index (κ2) is 13.3. The number of rotatable bonds is 13. The Balaban J connectivity index is 1.83. The number of anilines is 1. The molecule has 0 unspecified atom stereocenters. The van der Waals surface area contributed by atoms with Gasteiger partial charge in [0.15, 0.2) is 0 Å². The van der Waals surface area contributed by atoms with Crippen LogP contribution in [0.3, 0.4) is 0 Å². The van der Waals surface area contributed by atoms with Crippen molar-refractivity contribution in [3.63, 3.8) is 0 Å². The number of amides is 3. The number of nitrogens with one attached hydrogen (secondary N) is 2. The molecule has 0 aliphatic carbocycles. The van der Waals surface area contributed by atoms with Crippen molar-refractivity contribution in [3.05, 3.63) is 54.0 Å². The summed E-state index contributed by atoms with van der Waals surface area (Å²) in [6.07, 6.45) is 7.16. The Morgan fingerprint density at radius 3 is 2.52 bits per heavy atom. The fourth-order valence-corrected chi connectivity index (χ4v) is 3.20. The zero-order valence-electron chi connectivity index (χ0n) is 18.5. The number of aryl methyl sites for hydroxylation is 1. The lowest BCUT2D eigenvalue weighted by Gasteiger charge is -2.21. The van der Waals surface area contributed by atoms with Crippen LogP contribution in [0.1, 0.15) is 56.8 Å². The lowest BCUT2D eigenvalue weighted by molar-refractivity contribution is -0.137. The van der Waals surface area contributed by atoms with Crippen molar-refractivity contribution in [2.45, 2.75) is 58.9 Å². The molecule has 2 aromatic rings. The van der Waals surface area contributed by atoms with Crippen LogP contribution in [0.5, 0.6) is 0 Å². The Morgan fingerprint density at radius 1 is 1.00 bits per heavy atom. The summed E-state index contributed by atoms with van der Waals surface area (Å²) in [5.74, 6) is -0.180. The summed E-state index contributed by atoms with van der Waals surface area (Å²) in [5.41, 5.74) is 1.71. The van der Waals surface area contributed by atoms with Gasteiger partial charge >= 0.3 is 0 Å².